The van der Waals surface area contributed by atoms with Gasteiger partial charge < -0.3 is 10.5 Å². The summed E-state index contributed by atoms with van der Waals surface area (Å²) >= 11 is 0. The van der Waals surface area contributed by atoms with Crippen molar-refractivity contribution in [3.8, 4) is 5.75 Å². The van der Waals surface area contributed by atoms with E-state index in [1.807, 2.05) is 0 Å². The molecule has 1 aromatic rings. The predicted molar refractivity (Wildman–Crippen MR) is 82.1 cm³/mol. The Bertz CT molecular complexity index is 759. The van der Waals surface area contributed by atoms with Gasteiger partial charge in [-0.05, 0) is 31.0 Å². The van der Waals surface area contributed by atoms with Crippen LogP contribution in [0.5, 0.6) is 5.75 Å². The third-order valence-corrected chi connectivity index (χ3v) is 6.60. The molecule has 124 valence electrons. The van der Waals surface area contributed by atoms with Crippen molar-refractivity contribution in [3.63, 3.8) is 0 Å². The number of hydrogen-bond donors (Lipinski definition) is 1. The van der Waals surface area contributed by atoms with Crippen LogP contribution in [0.4, 0.5) is 0 Å². The summed E-state index contributed by atoms with van der Waals surface area (Å²) in [6.07, 6.45) is 2.48. The van der Waals surface area contributed by atoms with Crippen LogP contribution in [-0.2, 0) is 19.9 Å². The zero-order valence-corrected chi connectivity index (χ0v) is 14.2. The lowest BCUT2D eigenvalue weighted by Crippen LogP contribution is -2.45. The summed E-state index contributed by atoms with van der Waals surface area (Å²) in [6.45, 7) is 0.580. The van der Waals surface area contributed by atoms with Crippen molar-refractivity contribution in [3.05, 3.63) is 18.2 Å². The van der Waals surface area contributed by atoms with Crippen molar-refractivity contribution in [2.45, 2.75) is 28.7 Å². The van der Waals surface area contributed by atoms with E-state index >= 15 is 0 Å². The Kier molecular flexibility index (Phi) is 4.81. The highest BCUT2D eigenvalue weighted by Crippen LogP contribution is 2.30. The van der Waals surface area contributed by atoms with Gasteiger partial charge in [0.1, 0.15) is 10.6 Å². The Labute approximate surface area is 131 Å². The van der Waals surface area contributed by atoms with Crippen molar-refractivity contribution in [2.75, 3.05) is 26.5 Å². The number of ether oxygens (including phenoxy) is 1. The van der Waals surface area contributed by atoms with Crippen LogP contribution < -0.4 is 10.5 Å². The van der Waals surface area contributed by atoms with E-state index in [9.17, 15) is 16.8 Å². The summed E-state index contributed by atoms with van der Waals surface area (Å²) in [6, 6.07) is 3.61. The zero-order valence-electron chi connectivity index (χ0n) is 12.5. The number of nitrogens with two attached hydrogens (primary N) is 1. The predicted octanol–water partition coefficient (Wildman–Crippen LogP) is 0.211. The molecule has 2 rings (SSSR count). The zero-order chi connectivity index (χ0) is 16.5. The summed E-state index contributed by atoms with van der Waals surface area (Å²) in [5, 5.41) is 0. The first-order chi connectivity index (χ1) is 10.2. The third-order valence-electron chi connectivity index (χ3n) is 3.60. The Hall–Kier alpha value is -1.16. The lowest BCUT2D eigenvalue weighted by Gasteiger charge is -2.30. The highest BCUT2D eigenvalue weighted by Gasteiger charge is 2.32. The number of methoxy groups -OCH3 is 1. The van der Waals surface area contributed by atoms with Gasteiger partial charge in [0.2, 0.25) is 10.0 Å². The smallest absolute Gasteiger partial charge is 0.246 e. The Morgan fingerprint density at radius 2 is 1.95 bits per heavy atom. The van der Waals surface area contributed by atoms with Crippen LogP contribution in [0.2, 0.25) is 0 Å². The molecule has 0 amide bonds. The van der Waals surface area contributed by atoms with E-state index in [0.29, 0.717) is 13.0 Å². The molecule has 0 saturated carbocycles. The first kappa shape index (κ1) is 17.2. The molecule has 1 heterocycles. The van der Waals surface area contributed by atoms with Crippen molar-refractivity contribution in [1.29, 1.82) is 0 Å². The largest absolute Gasteiger partial charge is 0.495 e. The molecule has 0 bridgehead atoms. The molecular formula is C13H20N2O5S2. The van der Waals surface area contributed by atoms with Crippen LogP contribution in [0.1, 0.15) is 12.8 Å². The first-order valence-electron chi connectivity index (χ1n) is 6.80. The van der Waals surface area contributed by atoms with Gasteiger partial charge in [0.15, 0.2) is 9.84 Å². The topological polar surface area (TPSA) is 107 Å². The maximum atomic E-state index is 12.8. The van der Waals surface area contributed by atoms with Crippen LogP contribution in [0.3, 0.4) is 0 Å². The van der Waals surface area contributed by atoms with Gasteiger partial charge in [0, 0.05) is 25.4 Å². The Balaban J connectivity index is 2.53. The van der Waals surface area contributed by atoms with Crippen LogP contribution in [0, 0.1) is 0 Å². The second-order valence-electron chi connectivity index (χ2n) is 5.35. The van der Waals surface area contributed by atoms with Gasteiger partial charge in [-0.25, -0.2) is 16.8 Å². The van der Waals surface area contributed by atoms with Crippen LogP contribution >= 0.6 is 0 Å². The number of sulfone groups is 1. The number of sulfonamides is 1. The SMILES string of the molecule is COc1ccc(S(C)(=O)=O)cc1S(=O)(=O)N1CCCC(N)C1. The molecule has 0 spiro atoms. The Morgan fingerprint density at radius 1 is 1.27 bits per heavy atom. The molecule has 1 atom stereocenters. The standard InChI is InChI=1S/C13H20N2O5S2/c1-20-12-6-5-11(21(2,16)17)8-13(12)22(18,19)15-7-3-4-10(14)9-15/h5-6,8,10H,3-4,7,9,14H2,1-2H3. The molecule has 1 aliphatic heterocycles. The minimum absolute atomic E-state index is 0.0619. The van der Waals surface area contributed by atoms with E-state index in [4.69, 9.17) is 10.5 Å². The minimum atomic E-state index is -3.86. The molecule has 1 unspecified atom stereocenters. The van der Waals surface area contributed by atoms with Gasteiger partial charge in [0.05, 0.1) is 12.0 Å². The number of nitrogens with zero attached hydrogens (tertiary/aromatic N) is 1. The molecule has 1 aromatic carbocycles. The average Bonchev–Trinajstić information content (AvgIpc) is 2.45. The van der Waals surface area contributed by atoms with Crippen molar-refractivity contribution in [1.82, 2.24) is 4.31 Å². The normalized spacial score (nSPS) is 20.8. The van der Waals surface area contributed by atoms with E-state index in [0.717, 1.165) is 18.7 Å². The monoisotopic (exact) mass is 348 g/mol. The molecule has 0 aliphatic carbocycles. The third kappa shape index (κ3) is 3.43. The first-order valence-corrected chi connectivity index (χ1v) is 10.1. The summed E-state index contributed by atoms with van der Waals surface area (Å²) < 4.78 is 55.3. The van der Waals surface area contributed by atoms with Gasteiger partial charge in [-0.15, -0.1) is 0 Å². The second kappa shape index (κ2) is 6.15. The molecular weight excluding hydrogens is 328 g/mol. The van der Waals surface area contributed by atoms with Gasteiger partial charge in [-0.3, -0.25) is 0 Å². The van der Waals surface area contributed by atoms with Crippen LogP contribution in [-0.4, -0.2) is 53.6 Å². The molecule has 1 fully saturated rings. The maximum absolute atomic E-state index is 12.8. The van der Waals surface area contributed by atoms with Gasteiger partial charge in [0.25, 0.3) is 0 Å². The summed E-state index contributed by atoms with van der Waals surface area (Å²) in [4.78, 5) is -0.208. The molecule has 7 nitrogen and oxygen atoms in total. The molecule has 2 N–H and O–H groups in total. The number of piperidine rings is 1. The molecule has 0 radical (unpaired) electrons. The lowest BCUT2D eigenvalue weighted by molar-refractivity contribution is 0.314. The van der Waals surface area contributed by atoms with Gasteiger partial charge in [-0.2, -0.15) is 4.31 Å². The quantitative estimate of drug-likeness (QED) is 0.833. The van der Waals surface area contributed by atoms with E-state index in [1.54, 1.807) is 0 Å². The highest BCUT2D eigenvalue weighted by molar-refractivity contribution is 7.91. The second-order valence-corrected chi connectivity index (χ2v) is 9.27. The molecule has 1 aliphatic rings. The molecule has 9 heteroatoms. The van der Waals surface area contributed by atoms with E-state index in [-0.39, 0.29) is 28.1 Å². The van der Waals surface area contributed by atoms with Gasteiger partial charge in [-0.1, -0.05) is 0 Å². The number of hydrogen-bond acceptors (Lipinski definition) is 6. The fourth-order valence-electron chi connectivity index (χ4n) is 2.42. The van der Waals surface area contributed by atoms with Crippen molar-refractivity contribution < 1.29 is 21.6 Å². The number of benzene rings is 1. The van der Waals surface area contributed by atoms with Crippen molar-refractivity contribution in [2.24, 2.45) is 5.73 Å². The fourth-order valence-corrected chi connectivity index (χ4v) is 4.86. The highest BCUT2D eigenvalue weighted by atomic mass is 32.2. The molecule has 1 saturated heterocycles. The molecule has 22 heavy (non-hydrogen) atoms. The van der Waals surface area contributed by atoms with E-state index < -0.39 is 19.9 Å². The van der Waals surface area contributed by atoms with E-state index in [1.165, 1.54) is 23.5 Å². The lowest BCUT2D eigenvalue weighted by atomic mass is 10.1. The van der Waals surface area contributed by atoms with Crippen LogP contribution in [0.15, 0.2) is 28.0 Å². The fraction of sp³-hybridized carbons (Fsp3) is 0.538. The average molecular weight is 348 g/mol. The molecule has 0 aromatic heterocycles. The summed E-state index contributed by atoms with van der Waals surface area (Å²) in [7, 11) is -6.03. The number of rotatable bonds is 4. The minimum Gasteiger partial charge on any atom is -0.495 e. The summed E-state index contributed by atoms with van der Waals surface area (Å²) in [5.41, 5.74) is 5.84. The van der Waals surface area contributed by atoms with Crippen molar-refractivity contribution >= 4 is 19.9 Å². The van der Waals surface area contributed by atoms with Gasteiger partial charge >= 0.3 is 0 Å². The van der Waals surface area contributed by atoms with E-state index in [2.05, 4.69) is 0 Å². The van der Waals surface area contributed by atoms with Crippen LogP contribution in [0.25, 0.3) is 0 Å². The summed E-state index contributed by atoms with van der Waals surface area (Å²) in [5.74, 6) is 0.117. The Morgan fingerprint density at radius 3 is 2.50 bits per heavy atom. The maximum Gasteiger partial charge on any atom is 0.246 e.